The monoisotopic (exact) mass is 318 g/mol. The summed E-state index contributed by atoms with van der Waals surface area (Å²) in [6, 6.07) is 6.54. The van der Waals surface area contributed by atoms with Crippen molar-refractivity contribution in [2.45, 2.75) is 6.92 Å². The fourth-order valence-electron chi connectivity index (χ4n) is 2.57. The molecule has 1 aliphatic heterocycles. The molecular weight excluding hydrogens is 308 g/mol. The topological polar surface area (TPSA) is 75.7 Å². The van der Waals surface area contributed by atoms with E-state index in [1.807, 2.05) is 0 Å². The first-order valence-corrected chi connectivity index (χ1v) is 6.75. The zero-order chi connectivity index (χ0) is 16.0. The van der Waals surface area contributed by atoms with Crippen molar-refractivity contribution in [3.63, 3.8) is 0 Å². The largest absolute Gasteiger partial charge is 0.496 e. The predicted octanol–water partition coefficient (Wildman–Crippen LogP) is 2.24. The summed E-state index contributed by atoms with van der Waals surface area (Å²) in [5, 5.41) is 3.29. The van der Waals surface area contributed by atoms with Crippen LogP contribution in [0.25, 0.3) is 10.8 Å². The fraction of sp³-hybridized carbons (Fsp3) is 0.133. The Bertz CT molecular complexity index is 847. The lowest BCUT2D eigenvalue weighted by molar-refractivity contribution is -0.115. The molecule has 1 heterocycles. The molecule has 0 unspecified atom stereocenters. The van der Waals surface area contributed by atoms with Gasteiger partial charge < -0.3 is 4.74 Å². The number of carbonyl (C=O) groups is 3. The van der Waals surface area contributed by atoms with Crippen molar-refractivity contribution < 1.29 is 19.1 Å². The molecule has 6 nitrogen and oxygen atoms in total. The number of hydrogen-bond acceptors (Lipinski definition) is 4. The molecule has 0 atom stereocenters. The van der Waals surface area contributed by atoms with Crippen molar-refractivity contribution in [1.29, 1.82) is 0 Å². The Hall–Kier alpha value is -2.60. The highest BCUT2D eigenvalue weighted by molar-refractivity contribution is 6.39. The van der Waals surface area contributed by atoms with Crippen molar-refractivity contribution >= 4 is 46.0 Å². The third-order valence-electron chi connectivity index (χ3n) is 3.51. The number of nitrogens with one attached hydrogen (secondary N) is 1. The summed E-state index contributed by atoms with van der Waals surface area (Å²) in [5.41, 5.74) is 0.688. The van der Waals surface area contributed by atoms with Gasteiger partial charge in [-0.15, -0.1) is 0 Å². The highest BCUT2D eigenvalue weighted by Gasteiger charge is 2.31. The van der Waals surface area contributed by atoms with Gasteiger partial charge in [0, 0.05) is 41.1 Å². The highest BCUT2D eigenvalue weighted by atomic mass is 35.5. The van der Waals surface area contributed by atoms with Gasteiger partial charge in [-0.1, -0.05) is 12.1 Å². The molecule has 2 aromatic carbocycles. The molecule has 0 aliphatic carbocycles. The van der Waals surface area contributed by atoms with Gasteiger partial charge in [0.2, 0.25) is 5.91 Å². The SMILES string of the molecule is COc1cc(N(Cl)C(C)=O)c2c3c(cccc13)C(=O)NC2=O. The number of anilines is 1. The van der Waals surface area contributed by atoms with Crippen LogP contribution < -0.4 is 14.5 Å². The lowest BCUT2D eigenvalue weighted by Gasteiger charge is -2.23. The van der Waals surface area contributed by atoms with Crippen LogP contribution in [0.1, 0.15) is 27.6 Å². The Morgan fingerprint density at radius 2 is 2.00 bits per heavy atom. The normalized spacial score (nSPS) is 13.0. The molecule has 2 aromatic rings. The summed E-state index contributed by atoms with van der Waals surface area (Å²) in [6.45, 7) is 1.27. The number of ether oxygens (including phenoxy) is 1. The third-order valence-corrected chi connectivity index (χ3v) is 3.93. The van der Waals surface area contributed by atoms with E-state index in [1.54, 1.807) is 18.2 Å². The van der Waals surface area contributed by atoms with E-state index >= 15 is 0 Å². The van der Waals surface area contributed by atoms with Crippen LogP contribution in [0.3, 0.4) is 0 Å². The van der Waals surface area contributed by atoms with Gasteiger partial charge in [-0.25, -0.2) is 4.42 Å². The third kappa shape index (κ3) is 1.92. The van der Waals surface area contributed by atoms with Crippen molar-refractivity contribution in [2.24, 2.45) is 0 Å². The van der Waals surface area contributed by atoms with E-state index in [0.717, 1.165) is 4.42 Å². The zero-order valence-electron chi connectivity index (χ0n) is 11.8. The molecular formula is C15H11ClN2O4. The first-order valence-electron chi connectivity index (χ1n) is 6.41. The number of halogens is 1. The lowest BCUT2D eigenvalue weighted by Crippen LogP contribution is -2.36. The van der Waals surface area contributed by atoms with Crippen LogP contribution in [-0.4, -0.2) is 24.8 Å². The Morgan fingerprint density at radius 1 is 1.27 bits per heavy atom. The Labute approximate surface area is 130 Å². The summed E-state index contributed by atoms with van der Waals surface area (Å²) < 4.78 is 6.14. The Balaban J connectivity index is 2.50. The summed E-state index contributed by atoms with van der Waals surface area (Å²) in [5.74, 6) is -1.13. The number of benzene rings is 2. The zero-order valence-corrected chi connectivity index (χ0v) is 12.5. The Kier molecular flexibility index (Phi) is 3.26. The first kappa shape index (κ1) is 14.3. The van der Waals surface area contributed by atoms with Gasteiger partial charge in [0.05, 0.1) is 18.4 Å². The molecule has 112 valence electrons. The van der Waals surface area contributed by atoms with E-state index in [2.05, 4.69) is 5.32 Å². The number of methoxy groups -OCH3 is 1. The molecule has 0 fully saturated rings. The van der Waals surface area contributed by atoms with E-state index < -0.39 is 17.7 Å². The number of hydrogen-bond donors (Lipinski definition) is 1. The lowest BCUT2D eigenvalue weighted by atomic mass is 9.93. The maximum Gasteiger partial charge on any atom is 0.260 e. The molecule has 1 N–H and O–H groups in total. The average Bonchev–Trinajstić information content (AvgIpc) is 2.50. The standard InChI is InChI=1S/C15H11ClN2O4/c1-7(19)18(16)10-6-11(22-2)8-4-3-5-9-12(8)13(10)15(21)17-14(9)20/h3-6H,1-2H3,(H,17,20,21). The van der Waals surface area contributed by atoms with Gasteiger partial charge in [-0.3, -0.25) is 19.7 Å². The summed E-state index contributed by atoms with van der Waals surface area (Å²) in [6.07, 6.45) is 0. The quantitative estimate of drug-likeness (QED) is 0.680. The summed E-state index contributed by atoms with van der Waals surface area (Å²) in [7, 11) is 1.46. The smallest absolute Gasteiger partial charge is 0.260 e. The molecule has 3 amide bonds. The second-order valence-electron chi connectivity index (χ2n) is 4.78. The van der Waals surface area contributed by atoms with Crippen LogP contribution in [0, 0.1) is 0 Å². The van der Waals surface area contributed by atoms with E-state index in [9.17, 15) is 14.4 Å². The second kappa shape index (κ2) is 4.99. The minimum Gasteiger partial charge on any atom is -0.496 e. The predicted molar refractivity (Wildman–Crippen MR) is 81.3 cm³/mol. The van der Waals surface area contributed by atoms with Crippen LogP contribution in [-0.2, 0) is 4.79 Å². The van der Waals surface area contributed by atoms with Crippen LogP contribution >= 0.6 is 11.8 Å². The van der Waals surface area contributed by atoms with E-state index in [-0.39, 0.29) is 11.3 Å². The van der Waals surface area contributed by atoms with Crippen LogP contribution in [0.2, 0.25) is 0 Å². The van der Waals surface area contributed by atoms with Crippen molar-refractivity contribution in [2.75, 3.05) is 11.5 Å². The summed E-state index contributed by atoms with van der Waals surface area (Å²) in [4.78, 5) is 35.8. The first-order chi connectivity index (χ1) is 10.5. The van der Waals surface area contributed by atoms with Crippen LogP contribution in [0.15, 0.2) is 24.3 Å². The minimum atomic E-state index is -0.599. The van der Waals surface area contributed by atoms with Gasteiger partial charge in [-0.2, -0.15) is 0 Å². The number of nitrogens with zero attached hydrogens (tertiary/aromatic N) is 1. The fourth-order valence-corrected chi connectivity index (χ4v) is 2.71. The molecule has 0 aromatic heterocycles. The molecule has 0 spiro atoms. The molecule has 7 heteroatoms. The molecule has 1 aliphatic rings. The van der Waals surface area contributed by atoms with Gasteiger partial charge in [0.1, 0.15) is 5.75 Å². The number of rotatable bonds is 2. The van der Waals surface area contributed by atoms with Gasteiger partial charge in [0.25, 0.3) is 11.8 Å². The van der Waals surface area contributed by atoms with Crippen LogP contribution in [0.4, 0.5) is 5.69 Å². The maximum atomic E-state index is 12.3. The van der Waals surface area contributed by atoms with Crippen LogP contribution in [0.5, 0.6) is 5.75 Å². The summed E-state index contributed by atoms with van der Waals surface area (Å²) >= 11 is 6.00. The van der Waals surface area contributed by atoms with Gasteiger partial charge >= 0.3 is 0 Å². The average molecular weight is 319 g/mol. The molecule has 22 heavy (non-hydrogen) atoms. The second-order valence-corrected chi connectivity index (χ2v) is 5.12. The van der Waals surface area contributed by atoms with Crippen molar-refractivity contribution in [1.82, 2.24) is 5.32 Å². The molecule has 3 rings (SSSR count). The molecule has 0 saturated carbocycles. The molecule has 0 saturated heterocycles. The van der Waals surface area contributed by atoms with E-state index in [0.29, 0.717) is 22.1 Å². The van der Waals surface area contributed by atoms with Gasteiger partial charge in [-0.05, 0) is 6.07 Å². The number of imide groups is 1. The Morgan fingerprint density at radius 3 is 2.64 bits per heavy atom. The van der Waals surface area contributed by atoms with E-state index in [1.165, 1.54) is 20.1 Å². The molecule has 0 radical (unpaired) electrons. The van der Waals surface area contributed by atoms with Crippen molar-refractivity contribution in [3.05, 3.63) is 35.4 Å². The number of carbonyl (C=O) groups excluding carboxylic acids is 3. The minimum absolute atomic E-state index is 0.177. The van der Waals surface area contributed by atoms with Gasteiger partial charge in [0.15, 0.2) is 0 Å². The number of amides is 3. The van der Waals surface area contributed by atoms with E-state index in [4.69, 9.17) is 16.5 Å². The highest BCUT2D eigenvalue weighted by Crippen LogP contribution is 2.40. The maximum absolute atomic E-state index is 12.3. The molecule has 0 bridgehead atoms. The van der Waals surface area contributed by atoms with Crippen molar-refractivity contribution in [3.8, 4) is 5.75 Å².